The third-order valence-corrected chi connectivity index (χ3v) is 3.89. The van der Waals surface area contributed by atoms with Crippen LogP contribution in [0.15, 0.2) is 0 Å². The predicted octanol–water partition coefficient (Wildman–Crippen LogP) is -1.90. The molecule has 0 aromatic carbocycles. The SMILES string of the molecule is NNC(=O)CN1CCCS(=O)(=O)CC1. The molecule has 7 heteroatoms. The number of rotatable bonds is 2. The Bertz CT molecular complexity index is 301. The van der Waals surface area contributed by atoms with Gasteiger partial charge in [0.05, 0.1) is 18.1 Å². The fourth-order valence-corrected chi connectivity index (χ4v) is 2.71. The molecule has 1 amide bonds. The van der Waals surface area contributed by atoms with Crippen LogP contribution in [-0.4, -0.2) is 50.4 Å². The van der Waals surface area contributed by atoms with Gasteiger partial charge < -0.3 is 0 Å². The predicted molar refractivity (Wildman–Crippen MR) is 52.0 cm³/mol. The Hall–Kier alpha value is -0.660. The highest BCUT2D eigenvalue weighted by molar-refractivity contribution is 7.91. The van der Waals surface area contributed by atoms with Crippen LogP contribution < -0.4 is 11.3 Å². The van der Waals surface area contributed by atoms with E-state index in [1.54, 1.807) is 4.90 Å². The summed E-state index contributed by atoms with van der Waals surface area (Å²) in [5.74, 6) is 5.00. The Morgan fingerprint density at radius 3 is 2.71 bits per heavy atom. The van der Waals surface area contributed by atoms with Gasteiger partial charge >= 0.3 is 0 Å². The number of hydrogen-bond donors (Lipinski definition) is 2. The van der Waals surface area contributed by atoms with Gasteiger partial charge in [-0.25, -0.2) is 14.3 Å². The minimum absolute atomic E-state index is 0.130. The summed E-state index contributed by atoms with van der Waals surface area (Å²) in [5.41, 5.74) is 2.02. The van der Waals surface area contributed by atoms with Crippen LogP contribution in [0.5, 0.6) is 0 Å². The number of carbonyl (C=O) groups is 1. The fourth-order valence-electron chi connectivity index (χ4n) is 1.40. The second-order valence-electron chi connectivity index (χ2n) is 3.35. The average Bonchev–Trinajstić information content (AvgIpc) is 2.28. The standard InChI is InChI=1S/C7H15N3O3S/c8-9-7(11)6-10-2-1-4-14(12,13)5-3-10/h1-6,8H2,(H,9,11). The molecule has 0 unspecified atom stereocenters. The zero-order valence-electron chi connectivity index (χ0n) is 7.90. The second-order valence-corrected chi connectivity index (χ2v) is 5.65. The number of nitrogens with zero attached hydrogens (tertiary/aromatic N) is 1. The number of sulfone groups is 1. The molecule has 0 atom stereocenters. The van der Waals surface area contributed by atoms with Crippen LogP contribution in [0.3, 0.4) is 0 Å². The lowest BCUT2D eigenvalue weighted by Gasteiger charge is -2.17. The van der Waals surface area contributed by atoms with Crippen LogP contribution in [0.2, 0.25) is 0 Å². The minimum atomic E-state index is -2.90. The molecule has 1 aliphatic rings. The Kier molecular flexibility index (Phi) is 3.85. The molecule has 1 fully saturated rings. The molecule has 82 valence electrons. The fraction of sp³-hybridized carbons (Fsp3) is 0.857. The molecule has 0 saturated carbocycles. The normalized spacial score (nSPS) is 22.6. The Morgan fingerprint density at radius 1 is 1.36 bits per heavy atom. The van der Waals surface area contributed by atoms with Crippen LogP contribution in [0.4, 0.5) is 0 Å². The second kappa shape index (κ2) is 4.72. The largest absolute Gasteiger partial charge is 0.293 e. The van der Waals surface area contributed by atoms with Crippen LogP contribution in [0, 0.1) is 0 Å². The van der Waals surface area contributed by atoms with E-state index in [9.17, 15) is 13.2 Å². The van der Waals surface area contributed by atoms with E-state index in [-0.39, 0.29) is 24.0 Å². The summed E-state index contributed by atoms with van der Waals surface area (Å²) in [5, 5.41) is 0. The summed E-state index contributed by atoms with van der Waals surface area (Å²) < 4.78 is 22.4. The highest BCUT2D eigenvalue weighted by Gasteiger charge is 2.20. The summed E-state index contributed by atoms with van der Waals surface area (Å²) in [6, 6.07) is 0. The highest BCUT2D eigenvalue weighted by Crippen LogP contribution is 2.04. The molecule has 0 aliphatic carbocycles. The first-order chi connectivity index (χ1) is 6.53. The Morgan fingerprint density at radius 2 is 2.07 bits per heavy atom. The van der Waals surface area contributed by atoms with Gasteiger partial charge in [0, 0.05) is 6.54 Å². The zero-order chi connectivity index (χ0) is 10.6. The molecule has 1 saturated heterocycles. The number of hydrazine groups is 1. The number of hydrogen-bond acceptors (Lipinski definition) is 5. The number of nitrogens with two attached hydrogens (primary N) is 1. The summed E-state index contributed by atoms with van der Waals surface area (Å²) in [6.45, 7) is 1.22. The van der Waals surface area contributed by atoms with E-state index in [2.05, 4.69) is 0 Å². The summed E-state index contributed by atoms with van der Waals surface area (Å²) in [6.07, 6.45) is 0.584. The minimum Gasteiger partial charge on any atom is -0.293 e. The Balaban J connectivity index is 2.46. The van der Waals surface area contributed by atoms with Crippen LogP contribution >= 0.6 is 0 Å². The van der Waals surface area contributed by atoms with E-state index in [0.717, 1.165) is 0 Å². The topological polar surface area (TPSA) is 92.5 Å². The van der Waals surface area contributed by atoms with Crippen molar-refractivity contribution in [3.8, 4) is 0 Å². The quantitative estimate of drug-likeness (QED) is 0.323. The van der Waals surface area contributed by atoms with Gasteiger partial charge in [-0.15, -0.1) is 0 Å². The molecule has 0 aromatic rings. The average molecular weight is 221 g/mol. The number of carbonyl (C=O) groups excluding carboxylic acids is 1. The van der Waals surface area contributed by atoms with E-state index in [4.69, 9.17) is 5.84 Å². The van der Waals surface area contributed by atoms with Crippen molar-refractivity contribution in [3.63, 3.8) is 0 Å². The van der Waals surface area contributed by atoms with Gasteiger partial charge in [-0.3, -0.25) is 15.1 Å². The van der Waals surface area contributed by atoms with Gasteiger partial charge in [0.1, 0.15) is 0 Å². The van der Waals surface area contributed by atoms with Crippen LogP contribution in [0.25, 0.3) is 0 Å². The third kappa shape index (κ3) is 3.60. The van der Waals surface area contributed by atoms with Gasteiger partial charge in [-0.1, -0.05) is 0 Å². The van der Waals surface area contributed by atoms with Gasteiger partial charge in [-0.05, 0) is 13.0 Å². The van der Waals surface area contributed by atoms with E-state index in [1.165, 1.54) is 0 Å². The molecular formula is C7H15N3O3S. The number of nitrogens with one attached hydrogen (secondary N) is 1. The molecule has 0 bridgehead atoms. The number of amides is 1. The molecule has 14 heavy (non-hydrogen) atoms. The van der Waals surface area contributed by atoms with Gasteiger partial charge in [0.25, 0.3) is 0 Å². The highest BCUT2D eigenvalue weighted by atomic mass is 32.2. The summed E-state index contributed by atoms with van der Waals surface area (Å²) >= 11 is 0. The van der Waals surface area contributed by atoms with Crippen molar-refractivity contribution in [1.82, 2.24) is 10.3 Å². The zero-order valence-corrected chi connectivity index (χ0v) is 8.72. The monoisotopic (exact) mass is 221 g/mol. The molecule has 1 aliphatic heterocycles. The van der Waals surface area contributed by atoms with E-state index >= 15 is 0 Å². The lowest BCUT2D eigenvalue weighted by molar-refractivity contribution is -0.122. The first-order valence-electron chi connectivity index (χ1n) is 4.46. The Labute approximate surface area is 83.3 Å². The smallest absolute Gasteiger partial charge is 0.248 e. The van der Waals surface area contributed by atoms with Crippen LogP contribution in [-0.2, 0) is 14.6 Å². The summed E-state index contributed by atoms with van der Waals surface area (Å²) in [4.78, 5) is 12.7. The maximum atomic E-state index is 11.2. The molecule has 6 nitrogen and oxygen atoms in total. The van der Waals surface area contributed by atoms with Crippen molar-refractivity contribution in [3.05, 3.63) is 0 Å². The lowest BCUT2D eigenvalue weighted by atomic mass is 10.4. The van der Waals surface area contributed by atoms with Gasteiger partial charge in [0.15, 0.2) is 9.84 Å². The maximum absolute atomic E-state index is 11.2. The maximum Gasteiger partial charge on any atom is 0.248 e. The first kappa shape index (κ1) is 11.4. The van der Waals surface area contributed by atoms with Crippen molar-refractivity contribution < 1.29 is 13.2 Å². The van der Waals surface area contributed by atoms with E-state index < -0.39 is 9.84 Å². The van der Waals surface area contributed by atoms with E-state index in [1.807, 2.05) is 5.43 Å². The lowest BCUT2D eigenvalue weighted by Crippen LogP contribution is -2.41. The molecule has 3 N–H and O–H groups in total. The molecule has 0 aromatic heterocycles. The van der Waals surface area contributed by atoms with Gasteiger partial charge in [0.2, 0.25) is 5.91 Å². The van der Waals surface area contributed by atoms with Crippen LogP contribution in [0.1, 0.15) is 6.42 Å². The third-order valence-electron chi connectivity index (χ3n) is 2.18. The summed E-state index contributed by atoms with van der Waals surface area (Å²) in [7, 11) is -2.90. The van der Waals surface area contributed by atoms with Crippen molar-refractivity contribution in [2.75, 3.05) is 31.1 Å². The van der Waals surface area contributed by atoms with Crippen molar-refractivity contribution in [2.24, 2.45) is 5.84 Å². The van der Waals surface area contributed by atoms with Crippen molar-refractivity contribution in [1.29, 1.82) is 0 Å². The molecule has 0 radical (unpaired) electrons. The van der Waals surface area contributed by atoms with Crippen molar-refractivity contribution >= 4 is 15.7 Å². The molecule has 1 heterocycles. The first-order valence-corrected chi connectivity index (χ1v) is 6.28. The van der Waals surface area contributed by atoms with Crippen molar-refractivity contribution in [2.45, 2.75) is 6.42 Å². The molecule has 1 rings (SSSR count). The molecular weight excluding hydrogens is 206 g/mol. The molecule has 0 spiro atoms. The van der Waals surface area contributed by atoms with E-state index in [0.29, 0.717) is 19.5 Å². The van der Waals surface area contributed by atoms with Gasteiger partial charge in [-0.2, -0.15) is 0 Å².